The van der Waals surface area contributed by atoms with Gasteiger partial charge in [-0.15, -0.1) is 6.42 Å². The van der Waals surface area contributed by atoms with Gasteiger partial charge in [0.05, 0.1) is 5.56 Å². The van der Waals surface area contributed by atoms with Gasteiger partial charge in [-0.25, -0.2) is 13.8 Å². The molecule has 0 aliphatic carbocycles. The number of aromatic nitrogens is 1. The molecule has 1 rings (SSSR count). The highest BCUT2D eigenvalue weighted by molar-refractivity contribution is 5.38. The van der Waals surface area contributed by atoms with Gasteiger partial charge in [0.1, 0.15) is 5.69 Å². The molecule has 0 N–H and O–H groups in total. The number of alkyl halides is 2. The smallest absolute Gasteiger partial charge is 0.247 e. The number of hydrogen-bond acceptors (Lipinski definition) is 1. The van der Waals surface area contributed by atoms with Crippen LogP contribution in [0.1, 0.15) is 23.7 Å². The molecule has 1 aromatic rings. The minimum Gasteiger partial charge on any atom is -0.247 e. The van der Waals surface area contributed by atoms with Crippen LogP contribution in [0.25, 0.3) is 0 Å². The Morgan fingerprint density at radius 2 is 2.15 bits per heavy atom. The molecular formula is C10H9F2N. The van der Waals surface area contributed by atoms with E-state index in [4.69, 9.17) is 6.42 Å². The van der Waals surface area contributed by atoms with Crippen molar-refractivity contribution in [1.82, 2.24) is 4.98 Å². The first-order valence-electron chi connectivity index (χ1n) is 3.76. The molecule has 1 nitrogen and oxygen atoms in total. The van der Waals surface area contributed by atoms with Crippen LogP contribution in [0.3, 0.4) is 0 Å². The SMILES string of the molecule is C#Cc1ncc(C)cc1C(C)(F)F. The first-order valence-corrected chi connectivity index (χ1v) is 3.76. The zero-order valence-corrected chi connectivity index (χ0v) is 7.44. The Hall–Kier alpha value is -1.43. The second-order valence-electron chi connectivity index (χ2n) is 2.94. The lowest BCUT2D eigenvalue weighted by atomic mass is 10.1. The Balaban J connectivity index is 3.35. The lowest BCUT2D eigenvalue weighted by molar-refractivity contribution is 0.0168. The van der Waals surface area contributed by atoms with Crippen molar-refractivity contribution in [2.45, 2.75) is 19.8 Å². The van der Waals surface area contributed by atoms with Crippen molar-refractivity contribution in [1.29, 1.82) is 0 Å². The van der Waals surface area contributed by atoms with Crippen LogP contribution in [-0.4, -0.2) is 4.98 Å². The molecule has 0 amide bonds. The number of terminal acetylenes is 1. The molecule has 13 heavy (non-hydrogen) atoms. The fourth-order valence-electron chi connectivity index (χ4n) is 1.02. The largest absolute Gasteiger partial charge is 0.273 e. The molecule has 0 radical (unpaired) electrons. The Kier molecular flexibility index (Phi) is 2.33. The number of hydrogen-bond donors (Lipinski definition) is 0. The highest BCUT2D eigenvalue weighted by Crippen LogP contribution is 2.29. The summed E-state index contributed by atoms with van der Waals surface area (Å²) in [6, 6.07) is 1.36. The molecule has 1 aromatic heterocycles. The molecule has 0 atom stereocenters. The topological polar surface area (TPSA) is 12.9 Å². The second kappa shape index (κ2) is 3.14. The molecule has 0 bridgehead atoms. The summed E-state index contributed by atoms with van der Waals surface area (Å²) in [7, 11) is 0. The van der Waals surface area contributed by atoms with Crippen LogP contribution in [0.2, 0.25) is 0 Å². The fourth-order valence-corrected chi connectivity index (χ4v) is 1.02. The quantitative estimate of drug-likeness (QED) is 0.606. The van der Waals surface area contributed by atoms with Crippen LogP contribution in [0, 0.1) is 19.3 Å². The zero-order chi connectivity index (χ0) is 10.1. The van der Waals surface area contributed by atoms with Crippen molar-refractivity contribution in [2.24, 2.45) is 0 Å². The summed E-state index contributed by atoms with van der Waals surface area (Å²) in [6.07, 6.45) is 6.53. The molecule has 0 aromatic carbocycles. The van der Waals surface area contributed by atoms with Gasteiger partial charge in [-0.3, -0.25) is 0 Å². The van der Waals surface area contributed by atoms with E-state index in [0.717, 1.165) is 6.92 Å². The number of pyridine rings is 1. The monoisotopic (exact) mass is 181 g/mol. The second-order valence-corrected chi connectivity index (χ2v) is 2.94. The van der Waals surface area contributed by atoms with Crippen LogP contribution >= 0.6 is 0 Å². The third-order valence-electron chi connectivity index (χ3n) is 1.63. The third-order valence-corrected chi connectivity index (χ3v) is 1.63. The van der Waals surface area contributed by atoms with Crippen molar-refractivity contribution in [3.8, 4) is 12.3 Å². The van der Waals surface area contributed by atoms with E-state index in [1.54, 1.807) is 6.92 Å². The van der Waals surface area contributed by atoms with Gasteiger partial charge >= 0.3 is 0 Å². The van der Waals surface area contributed by atoms with Crippen LogP contribution in [0.15, 0.2) is 12.3 Å². The lowest BCUT2D eigenvalue weighted by Crippen LogP contribution is -2.11. The average molecular weight is 181 g/mol. The molecule has 68 valence electrons. The Labute approximate surface area is 75.8 Å². The summed E-state index contributed by atoms with van der Waals surface area (Å²) in [5.74, 6) is -0.792. The first-order chi connectivity index (χ1) is 5.95. The predicted octanol–water partition coefficient (Wildman–Crippen LogP) is 2.48. The molecule has 0 saturated heterocycles. The maximum atomic E-state index is 12.9. The van der Waals surface area contributed by atoms with E-state index < -0.39 is 5.92 Å². The molecule has 0 saturated carbocycles. The van der Waals surface area contributed by atoms with Gasteiger partial charge < -0.3 is 0 Å². The zero-order valence-electron chi connectivity index (χ0n) is 7.44. The fraction of sp³-hybridized carbons (Fsp3) is 0.300. The highest BCUT2D eigenvalue weighted by atomic mass is 19.3. The molecule has 0 spiro atoms. The van der Waals surface area contributed by atoms with Gasteiger partial charge in [-0.2, -0.15) is 0 Å². The van der Waals surface area contributed by atoms with E-state index in [0.29, 0.717) is 5.56 Å². The third kappa shape index (κ3) is 2.03. The van der Waals surface area contributed by atoms with Crippen molar-refractivity contribution < 1.29 is 8.78 Å². The standard InChI is InChI=1S/C10H9F2N/c1-4-9-8(10(3,11)12)5-7(2)6-13-9/h1,5-6H,2-3H3. The number of rotatable bonds is 1. The van der Waals surface area contributed by atoms with Crippen molar-refractivity contribution >= 4 is 0 Å². The maximum absolute atomic E-state index is 12.9. The van der Waals surface area contributed by atoms with Crippen LogP contribution in [0.5, 0.6) is 0 Å². The van der Waals surface area contributed by atoms with Gasteiger partial charge in [0.2, 0.25) is 0 Å². The normalized spacial score (nSPS) is 11.0. The number of nitrogens with zero attached hydrogens (tertiary/aromatic N) is 1. The van der Waals surface area contributed by atoms with Crippen LogP contribution in [0.4, 0.5) is 8.78 Å². The Bertz CT molecular complexity index is 358. The summed E-state index contributed by atoms with van der Waals surface area (Å²) in [5, 5.41) is 0. The molecule has 1 heterocycles. The summed E-state index contributed by atoms with van der Waals surface area (Å²) >= 11 is 0. The number of aryl methyl sites for hydroxylation is 1. The van der Waals surface area contributed by atoms with Crippen molar-refractivity contribution in [3.05, 3.63) is 29.1 Å². The van der Waals surface area contributed by atoms with E-state index in [1.807, 2.05) is 0 Å². The van der Waals surface area contributed by atoms with Gasteiger partial charge in [-0.1, -0.05) is 0 Å². The first kappa shape index (κ1) is 9.66. The van der Waals surface area contributed by atoms with Crippen molar-refractivity contribution in [3.63, 3.8) is 0 Å². The van der Waals surface area contributed by atoms with Crippen LogP contribution < -0.4 is 0 Å². The van der Waals surface area contributed by atoms with E-state index in [2.05, 4.69) is 10.9 Å². The predicted molar refractivity (Wildman–Crippen MR) is 46.5 cm³/mol. The minimum absolute atomic E-state index is 0.0121. The molecule has 3 heteroatoms. The Morgan fingerprint density at radius 1 is 1.54 bits per heavy atom. The molecule has 0 unspecified atom stereocenters. The van der Waals surface area contributed by atoms with Gasteiger partial charge in [0, 0.05) is 13.1 Å². The molecule has 0 aliphatic rings. The van der Waals surface area contributed by atoms with Gasteiger partial charge in [-0.05, 0) is 24.5 Å². The molecular weight excluding hydrogens is 172 g/mol. The molecule has 0 aliphatic heterocycles. The summed E-state index contributed by atoms with van der Waals surface area (Å²) < 4.78 is 25.9. The Morgan fingerprint density at radius 3 is 2.62 bits per heavy atom. The molecule has 0 fully saturated rings. The van der Waals surface area contributed by atoms with E-state index >= 15 is 0 Å². The van der Waals surface area contributed by atoms with E-state index in [-0.39, 0.29) is 11.3 Å². The van der Waals surface area contributed by atoms with E-state index in [9.17, 15) is 8.78 Å². The maximum Gasteiger partial charge on any atom is 0.273 e. The summed E-state index contributed by atoms with van der Waals surface area (Å²) in [5.41, 5.74) is 0.503. The summed E-state index contributed by atoms with van der Waals surface area (Å²) in [6.45, 7) is 2.51. The average Bonchev–Trinajstić information content (AvgIpc) is 2.03. The van der Waals surface area contributed by atoms with Crippen LogP contribution in [-0.2, 0) is 5.92 Å². The lowest BCUT2D eigenvalue weighted by Gasteiger charge is -2.12. The summed E-state index contributed by atoms with van der Waals surface area (Å²) in [4.78, 5) is 3.75. The highest BCUT2D eigenvalue weighted by Gasteiger charge is 2.27. The number of halogens is 2. The van der Waals surface area contributed by atoms with Gasteiger partial charge in [0.15, 0.2) is 0 Å². The van der Waals surface area contributed by atoms with E-state index in [1.165, 1.54) is 12.3 Å². The van der Waals surface area contributed by atoms with Crippen molar-refractivity contribution in [2.75, 3.05) is 0 Å². The van der Waals surface area contributed by atoms with Gasteiger partial charge in [0.25, 0.3) is 5.92 Å². The minimum atomic E-state index is -2.93.